The lowest BCUT2D eigenvalue weighted by Gasteiger charge is -2.10. The van der Waals surface area contributed by atoms with Gasteiger partial charge in [-0.05, 0) is 29.6 Å². The average molecular weight is 304 g/mol. The third kappa shape index (κ3) is 2.90. The molecule has 0 saturated carbocycles. The van der Waals surface area contributed by atoms with Crippen LogP contribution in [-0.2, 0) is 6.18 Å². The number of carbonyl (C=O) groups is 1. The maximum atomic E-state index is 13.1. The van der Waals surface area contributed by atoms with Gasteiger partial charge in [-0.15, -0.1) is 11.3 Å². The third-order valence-electron chi connectivity index (χ3n) is 2.43. The van der Waals surface area contributed by atoms with Gasteiger partial charge in [-0.2, -0.15) is 13.2 Å². The van der Waals surface area contributed by atoms with Crippen LogP contribution in [0, 0.1) is 5.82 Å². The van der Waals surface area contributed by atoms with Crippen LogP contribution in [0.4, 0.5) is 28.9 Å². The van der Waals surface area contributed by atoms with Gasteiger partial charge in [-0.3, -0.25) is 4.79 Å². The van der Waals surface area contributed by atoms with Crippen molar-refractivity contribution in [2.45, 2.75) is 6.18 Å². The molecule has 1 aromatic carbocycles. The SMILES string of the molecule is Nc1ccsc1C(=O)Nc1ccc(F)c(C(F)(F)F)c1. The summed E-state index contributed by atoms with van der Waals surface area (Å²) in [7, 11) is 0. The predicted octanol–water partition coefficient (Wildman–Crippen LogP) is 3.74. The zero-order valence-corrected chi connectivity index (χ0v) is 10.6. The fraction of sp³-hybridized carbons (Fsp3) is 0.0833. The van der Waals surface area contributed by atoms with E-state index in [1.807, 2.05) is 0 Å². The van der Waals surface area contributed by atoms with Gasteiger partial charge in [0.05, 0.1) is 11.3 Å². The predicted molar refractivity (Wildman–Crippen MR) is 68.1 cm³/mol. The van der Waals surface area contributed by atoms with E-state index in [4.69, 9.17) is 5.73 Å². The van der Waals surface area contributed by atoms with E-state index in [1.165, 1.54) is 6.07 Å². The van der Waals surface area contributed by atoms with Gasteiger partial charge in [0, 0.05) is 5.69 Å². The standard InChI is InChI=1S/C12H8F4N2OS/c13-8-2-1-6(5-7(8)12(14,15)16)18-11(19)10-9(17)3-4-20-10/h1-5H,17H2,(H,18,19). The Morgan fingerprint density at radius 3 is 2.50 bits per heavy atom. The summed E-state index contributed by atoms with van der Waals surface area (Å²) >= 11 is 1.06. The Morgan fingerprint density at radius 1 is 1.25 bits per heavy atom. The molecule has 0 aliphatic carbocycles. The van der Waals surface area contributed by atoms with E-state index >= 15 is 0 Å². The molecule has 0 fully saturated rings. The van der Waals surface area contributed by atoms with E-state index in [2.05, 4.69) is 5.32 Å². The highest BCUT2D eigenvalue weighted by Crippen LogP contribution is 2.33. The minimum absolute atomic E-state index is 0.156. The summed E-state index contributed by atoms with van der Waals surface area (Å²) in [6, 6.07) is 3.74. The minimum atomic E-state index is -4.83. The van der Waals surface area contributed by atoms with E-state index in [0.717, 1.165) is 17.4 Å². The van der Waals surface area contributed by atoms with Gasteiger partial charge in [0.15, 0.2) is 0 Å². The Hall–Kier alpha value is -2.09. The van der Waals surface area contributed by atoms with Crippen LogP contribution in [0.5, 0.6) is 0 Å². The van der Waals surface area contributed by atoms with Crippen LogP contribution in [0.15, 0.2) is 29.6 Å². The lowest BCUT2D eigenvalue weighted by atomic mass is 10.1. The number of thiophene rings is 1. The van der Waals surface area contributed by atoms with Crippen LogP contribution in [0.25, 0.3) is 0 Å². The molecule has 1 aromatic heterocycles. The van der Waals surface area contributed by atoms with Gasteiger partial charge >= 0.3 is 6.18 Å². The van der Waals surface area contributed by atoms with Crippen LogP contribution in [0.2, 0.25) is 0 Å². The van der Waals surface area contributed by atoms with Crippen molar-refractivity contribution in [2.75, 3.05) is 11.1 Å². The summed E-state index contributed by atoms with van der Waals surface area (Å²) < 4.78 is 50.7. The molecule has 3 nitrogen and oxygen atoms in total. The van der Waals surface area contributed by atoms with E-state index in [9.17, 15) is 22.4 Å². The van der Waals surface area contributed by atoms with Gasteiger partial charge in [-0.25, -0.2) is 4.39 Å². The molecular weight excluding hydrogens is 296 g/mol. The molecule has 0 radical (unpaired) electrons. The molecule has 0 spiro atoms. The fourth-order valence-electron chi connectivity index (χ4n) is 1.51. The quantitative estimate of drug-likeness (QED) is 0.830. The molecule has 1 heterocycles. The van der Waals surface area contributed by atoms with Gasteiger partial charge in [0.1, 0.15) is 10.7 Å². The number of rotatable bonds is 2. The van der Waals surface area contributed by atoms with Crippen molar-refractivity contribution in [3.05, 3.63) is 45.9 Å². The maximum Gasteiger partial charge on any atom is 0.419 e. The lowest BCUT2D eigenvalue weighted by molar-refractivity contribution is -0.139. The van der Waals surface area contributed by atoms with Crippen LogP contribution >= 0.6 is 11.3 Å². The third-order valence-corrected chi connectivity index (χ3v) is 3.36. The highest BCUT2D eigenvalue weighted by molar-refractivity contribution is 7.12. The van der Waals surface area contributed by atoms with E-state index in [0.29, 0.717) is 12.1 Å². The second-order valence-corrected chi connectivity index (χ2v) is 4.77. The molecular formula is C12H8F4N2OS. The Balaban J connectivity index is 2.27. The summed E-state index contributed by atoms with van der Waals surface area (Å²) in [5, 5.41) is 3.83. The molecule has 3 N–H and O–H groups in total. The summed E-state index contributed by atoms with van der Waals surface area (Å²) in [6.07, 6.45) is -4.83. The molecule has 8 heteroatoms. The number of alkyl halides is 3. The van der Waals surface area contributed by atoms with Crippen LogP contribution in [0.3, 0.4) is 0 Å². The first-order valence-electron chi connectivity index (χ1n) is 5.30. The van der Waals surface area contributed by atoms with Crippen LogP contribution < -0.4 is 11.1 Å². The first-order valence-corrected chi connectivity index (χ1v) is 6.18. The molecule has 106 valence electrons. The summed E-state index contributed by atoms with van der Waals surface area (Å²) in [5.74, 6) is -2.04. The molecule has 0 unspecified atom stereocenters. The summed E-state index contributed by atoms with van der Waals surface area (Å²) in [5.41, 5.74) is 4.16. The van der Waals surface area contributed by atoms with Crippen LogP contribution in [0.1, 0.15) is 15.2 Å². The van der Waals surface area contributed by atoms with E-state index < -0.39 is 23.5 Å². The first kappa shape index (κ1) is 14.3. The number of carbonyl (C=O) groups excluding carboxylic acids is 1. The van der Waals surface area contributed by atoms with E-state index in [1.54, 1.807) is 5.38 Å². The van der Waals surface area contributed by atoms with Crippen molar-refractivity contribution < 1.29 is 22.4 Å². The molecule has 0 atom stereocenters. The van der Waals surface area contributed by atoms with Crippen molar-refractivity contribution in [1.29, 1.82) is 0 Å². The van der Waals surface area contributed by atoms with Crippen molar-refractivity contribution >= 4 is 28.6 Å². The Kier molecular flexibility index (Phi) is 3.67. The minimum Gasteiger partial charge on any atom is -0.397 e. The smallest absolute Gasteiger partial charge is 0.397 e. The van der Waals surface area contributed by atoms with Crippen molar-refractivity contribution in [3.63, 3.8) is 0 Å². The fourth-order valence-corrected chi connectivity index (χ4v) is 2.22. The molecule has 1 amide bonds. The first-order chi connectivity index (χ1) is 9.29. The zero-order chi connectivity index (χ0) is 14.9. The number of hydrogen-bond donors (Lipinski definition) is 2. The Morgan fingerprint density at radius 2 is 1.95 bits per heavy atom. The Bertz CT molecular complexity index is 651. The lowest BCUT2D eigenvalue weighted by Crippen LogP contribution is -2.14. The zero-order valence-electron chi connectivity index (χ0n) is 9.79. The number of nitrogens with two attached hydrogens (primary N) is 1. The van der Waals surface area contributed by atoms with Gasteiger partial charge in [0.2, 0.25) is 0 Å². The molecule has 2 aromatic rings. The number of amides is 1. The summed E-state index contributed by atoms with van der Waals surface area (Å²) in [4.78, 5) is 12.0. The van der Waals surface area contributed by atoms with Crippen molar-refractivity contribution in [2.24, 2.45) is 0 Å². The normalized spacial score (nSPS) is 11.4. The molecule has 20 heavy (non-hydrogen) atoms. The van der Waals surface area contributed by atoms with Crippen molar-refractivity contribution in [1.82, 2.24) is 0 Å². The number of halogens is 4. The number of hydrogen-bond acceptors (Lipinski definition) is 3. The topological polar surface area (TPSA) is 55.1 Å². The number of nitrogens with one attached hydrogen (secondary N) is 1. The Labute approximate surface area is 115 Å². The van der Waals surface area contributed by atoms with Gasteiger partial charge in [0.25, 0.3) is 5.91 Å². The molecule has 0 aliphatic rings. The molecule has 2 rings (SSSR count). The largest absolute Gasteiger partial charge is 0.419 e. The highest BCUT2D eigenvalue weighted by Gasteiger charge is 2.34. The number of nitrogen functional groups attached to an aromatic ring is 1. The monoisotopic (exact) mass is 304 g/mol. The summed E-state index contributed by atoms with van der Waals surface area (Å²) in [6.45, 7) is 0. The van der Waals surface area contributed by atoms with Crippen LogP contribution in [-0.4, -0.2) is 5.91 Å². The molecule has 0 bridgehead atoms. The number of anilines is 2. The highest BCUT2D eigenvalue weighted by atomic mass is 32.1. The van der Waals surface area contributed by atoms with Gasteiger partial charge in [-0.1, -0.05) is 0 Å². The second-order valence-electron chi connectivity index (χ2n) is 3.85. The average Bonchev–Trinajstić information content (AvgIpc) is 2.76. The maximum absolute atomic E-state index is 13.1. The van der Waals surface area contributed by atoms with Gasteiger partial charge < -0.3 is 11.1 Å². The number of benzene rings is 1. The molecule has 0 aliphatic heterocycles. The van der Waals surface area contributed by atoms with Crippen molar-refractivity contribution in [3.8, 4) is 0 Å². The van der Waals surface area contributed by atoms with E-state index in [-0.39, 0.29) is 16.3 Å². The molecule has 0 saturated heterocycles. The second kappa shape index (κ2) is 5.12.